The summed E-state index contributed by atoms with van der Waals surface area (Å²) in [4.78, 5) is 13.8. The summed E-state index contributed by atoms with van der Waals surface area (Å²) in [6.45, 7) is 5.87. The molecule has 1 saturated heterocycles. The molecule has 1 N–H and O–H groups in total. The molecular weight excluding hydrogens is 326 g/mol. The maximum absolute atomic E-state index is 11.2. The number of fused-ring (bicyclic) bond motifs is 1. The number of carboxylic acid groups (broad SMARTS) is 1. The topological polar surface area (TPSA) is 49.8 Å². The quantitative estimate of drug-likeness (QED) is 0.912. The maximum atomic E-state index is 11.2. The normalized spacial score (nSPS) is 24.5. The second-order valence-electron chi connectivity index (χ2n) is 8.00. The monoisotopic (exact) mass is 351 g/mol. The standard InChI is InChI=1S/C22H25NO3/c1-21(2)23(14-16-6-4-3-5-7-16)22(15-26-21)11-10-17-12-18(20(24)25)8-9-19(17)13-22/h3-9,12H,10-11,13-15H2,1-2H3,(H,24,25). The second-order valence-corrected chi connectivity index (χ2v) is 8.00. The van der Waals surface area contributed by atoms with Gasteiger partial charge in [-0.3, -0.25) is 4.90 Å². The number of carbonyl (C=O) groups is 1. The smallest absolute Gasteiger partial charge is 0.335 e. The largest absolute Gasteiger partial charge is 0.478 e. The van der Waals surface area contributed by atoms with E-state index in [9.17, 15) is 9.90 Å². The molecule has 1 atom stereocenters. The molecule has 1 heterocycles. The summed E-state index contributed by atoms with van der Waals surface area (Å²) >= 11 is 0. The minimum atomic E-state index is -0.857. The number of benzene rings is 2. The van der Waals surface area contributed by atoms with Crippen LogP contribution in [0.1, 0.15) is 47.3 Å². The Morgan fingerprint density at radius 1 is 1.15 bits per heavy atom. The molecule has 26 heavy (non-hydrogen) atoms. The van der Waals surface area contributed by atoms with Gasteiger partial charge in [0.2, 0.25) is 0 Å². The zero-order chi connectivity index (χ0) is 18.4. The highest BCUT2D eigenvalue weighted by molar-refractivity contribution is 5.87. The highest BCUT2D eigenvalue weighted by Crippen LogP contribution is 2.44. The lowest BCUT2D eigenvalue weighted by atomic mass is 9.76. The van der Waals surface area contributed by atoms with E-state index in [1.54, 1.807) is 6.07 Å². The van der Waals surface area contributed by atoms with Crippen LogP contribution in [0.15, 0.2) is 48.5 Å². The molecule has 4 nitrogen and oxygen atoms in total. The summed E-state index contributed by atoms with van der Waals surface area (Å²) in [5.41, 5.74) is 3.74. The molecule has 2 aliphatic rings. The fourth-order valence-corrected chi connectivity index (χ4v) is 4.49. The van der Waals surface area contributed by atoms with E-state index in [2.05, 4.69) is 43.0 Å². The zero-order valence-electron chi connectivity index (χ0n) is 15.4. The molecule has 1 aliphatic heterocycles. The Kier molecular flexibility index (Phi) is 4.13. The molecule has 0 saturated carbocycles. The highest BCUT2D eigenvalue weighted by Gasteiger charge is 2.52. The van der Waals surface area contributed by atoms with Crippen molar-refractivity contribution in [3.63, 3.8) is 0 Å². The maximum Gasteiger partial charge on any atom is 0.335 e. The van der Waals surface area contributed by atoms with Gasteiger partial charge in [0.15, 0.2) is 0 Å². The number of hydrogen-bond donors (Lipinski definition) is 1. The van der Waals surface area contributed by atoms with E-state index >= 15 is 0 Å². The lowest BCUT2D eigenvalue weighted by molar-refractivity contribution is -0.0673. The van der Waals surface area contributed by atoms with Gasteiger partial charge in [-0.1, -0.05) is 36.4 Å². The average molecular weight is 351 g/mol. The summed E-state index contributed by atoms with van der Waals surface area (Å²) in [6, 6.07) is 16.1. The Morgan fingerprint density at radius 2 is 1.92 bits per heavy atom. The van der Waals surface area contributed by atoms with E-state index in [0.717, 1.165) is 25.8 Å². The summed E-state index contributed by atoms with van der Waals surface area (Å²) in [7, 11) is 0. The molecule has 136 valence electrons. The fourth-order valence-electron chi connectivity index (χ4n) is 4.49. The Labute approximate surface area is 154 Å². The lowest BCUT2D eigenvalue weighted by Crippen LogP contribution is -2.54. The number of rotatable bonds is 3. The molecule has 2 aromatic carbocycles. The van der Waals surface area contributed by atoms with Crippen molar-refractivity contribution in [1.29, 1.82) is 0 Å². The molecule has 4 heteroatoms. The van der Waals surface area contributed by atoms with Crippen LogP contribution >= 0.6 is 0 Å². The third-order valence-electron chi connectivity index (χ3n) is 5.93. The number of aromatic carboxylic acids is 1. The zero-order valence-corrected chi connectivity index (χ0v) is 15.4. The van der Waals surface area contributed by atoms with Crippen LogP contribution in [0.5, 0.6) is 0 Å². The van der Waals surface area contributed by atoms with E-state index in [-0.39, 0.29) is 11.3 Å². The third kappa shape index (κ3) is 2.93. The van der Waals surface area contributed by atoms with Crippen LogP contribution in [0.3, 0.4) is 0 Å². The van der Waals surface area contributed by atoms with Crippen LogP contribution in [0.25, 0.3) is 0 Å². The minimum absolute atomic E-state index is 0.0307. The van der Waals surface area contributed by atoms with Crippen molar-refractivity contribution in [3.05, 3.63) is 70.8 Å². The summed E-state index contributed by atoms with van der Waals surface area (Å²) in [5.74, 6) is -0.857. The van der Waals surface area contributed by atoms with Gasteiger partial charge in [0.1, 0.15) is 5.72 Å². The molecule has 0 amide bonds. The molecule has 4 rings (SSSR count). The highest BCUT2D eigenvalue weighted by atomic mass is 16.5. The van der Waals surface area contributed by atoms with E-state index in [1.165, 1.54) is 16.7 Å². The van der Waals surface area contributed by atoms with Gasteiger partial charge in [-0.05, 0) is 61.9 Å². The Bertz CT molecular complexity index is 831. The van der Waals surface area contributed by atoms with Crippen LogP contribution in [0.4, 0.5) is 0 Å². The number of nitrogens with zero attached hydrogens (tertiary/aromatic N) is 1. The third-order valence-corrected chi connectivity index (χ3v) is 5.93. The number of hydrogen-bond acceptors (Lipinski definition) is 3. The van der Waals surface area contributed by atoms with Crippen molar-refractivity contribution in [2.24, 2.45) is 0 Å². The summed E-state index contributed by atoms with van der Waals surface area (Å²) in [5, 5.41) is 9.24. The molecule has 1 spiro atoms. The minimum Gasteiger partial charge on any atom is -0.478 e. The van der Waals surface area contributed by atoms with Crippen LogP contribution in [-0.2, 0) is 24.1 Å². The van der Waals surface area contributed by atoms with Crippen LogP contribution in [-0.4, -0.2) is 33.8 Å². The fraction of sp³-hybridized carbons (Fsp3) is 0.409. The van der Waals surface area contributed by atoms with Crippen molar-refractivity contribution in [1.82, 2.24) is 4.90 Å². The van der Waals surface area contributed by atoms with Gasteiger partial charge in [0, 0.05) is 6.54 Å². The van der Waals surface area contributed by atoms with Gasteiger partial charge < -0.3 is 9.84 Å². The first-order valence-electron chi connectivity index (χ1n) is 9.20. The molecule has 2 aromatic rings. The number of carboxylic acids is 1. The van der Waals surface area contributed by atoms with Gasteiger partial charge >= 0.3 is 5.97 Å². The first-order chi connectivity index (χ1) is 12.4. The summed E-state index contributed by atoms with van der Waals surface area (Å²) in [6.07, 6.45) is 2.78. The van der Waals surface area contributed by atoms with Gasteiger partial charge in [0.25, 0.3) is 0 Å². The van der Waals surface area contributed by atoms with Crippen LogP contribution < -0.4 is 0 Å². The first kappa shape index (κ1) is 17.3. The van der Waals surface area contributed by atoms with Crippen molar-refractivity contribution in [2.75, 3.05) is 6.61 Å². The molecule has 1 aliphatic carbocycles. The molecule has 0 radical (unpaired) electrons. The van der Waals surface area contributed by atoms with Gasteiger partial charge in [-0.25, -0.2) is 4.79 Å². The van der Waals surface area contributed by atoms with E-state index in [4.69, 9.17) is 4.74 Å². The number of ether oxygens (including phenoxy) is 1. The Balaban J connectivity index is 1.65. The van der Waals surface area contributed by atoms with Crippen molar-refractivity contribution in [2.45, 2.75) is 50.9 Å². The SMILES string of the molecule is CC1(C)OCC2(CCc3cc(C(=O)O)ccc3C2)N1Cc1ccccc1. The van der Waals surface area contributed by atoms with Gasteiger partial charge in [-0.2, -0.15) is 0 Å². The predicted octanol–water partition coefficient (Wildman–Crippen LogP) is 3.88. The van der Waals surface area contributed by atoms with E-state index < -0.39 is 5.97 Å². The van der Waals surface area contributed by atoms with Crippen molar-refractivity contribution < 1.29 is 14.6 Å². The first-order valence-corrected chi connectivity index (χ1v) is 9.20. The molecule has 0 aromatic heterocycles. The van der Waals surface area contributed by atoms with Crippen molar-refractivity contribution >= 4 is 5.97 Å². The van der Waals surface area contributed by atoms with Gasteiger partial charge in [-0.15, -0.1) is 0 Å². The lowest BCUT2D eigenvalue weighted by Gasteiger charge is -2.45. The summed E-state index contributed by atoms with van der Waals surface area (Å²) < 4.78 is 6.23. The molecule has 1 fully saturated rings. The number of aryl methyl sites for hydroxylation is 1. The molecular formula is C22H25NO3. The Morgan fingerprint density at radius 3 is 2.65 bits per heavy atom. The van der Waals surface area contributed by atoms with Gasteiger partial charge in [0.05, 0.1) is 17.7 Å². The van der Waals surface area contributed by atoms with Crippen molar-refractivity contribution in [3.8, 4) is 0 Å². The second kappa shape index (κ2) is 6.22. The van der Waals surface area contributed by atoms with E-state index in [0.29, 0.717) is 12.2 Å². The molecule has 0 bridgehead atoms. The van der Waals surface area contributed by atoms with E-state index in [1.807, 2.05) is 18.2 Å². The average Bonchev–Trinajstić information content (AvgIpc) is 2.87. The van der Waals surface area contributed by atoms with Crippen LogP contribution in [0, 0.1) is 0 Å². The van der Waals surface area contributed by atoms with Crippen LogP contribution in [0.2, 0.25) is 0 Å². The Hall–Kier alpha value is -2.17. The predicted molar refractivity (Wildman–Crippen MR) is 100 cm³/mol. The molecule has 1 unspecified atom stereocenters.